The van der Waals surface area contributed by atoms with Gasteiger partial charge in [0.1, 0.15) is 30.2 Å². The van der Waals surface area contributed by atoms with Gasteiger partial charge in [0.15, 0.2) is 0 Å². The van der Waals surface area contributed by atoms with Gasteiger partial charge >= 0.3 is 6.61 Å². The minimum Gasteiger partial charge on any atom is -0.435 e. The fourth-order valence-corrected chi connectivity index (χ4v) is 4.63. The van der Waals surface area contributed by atoms with Gasteiger partial charge in [-0.2, -0.15) is 8.78 Å². The molecule has 1 saturated carbocycles. The number of benzene rings is 1. The summed E-state index contributed by atoms with van der Waals surface area (Å²) in [7, 11) is 0. The molecule has 0 unspecified atom stereocenters. The van der Waals surface area contributed by atoms with Crippen molar-refractivity contribution in [2.45, 2.75) is 89.5 Å². The Balaban J connectivity index is 1.82. The molecule has 3 rings (SSSR count). The van der Waals surface area contributed by atoms with Gasteiger partial charge < -0.3 is 24.8 Å². The third-order valence-electron chi connectivity index (χ3n) is 6.53. The lowest BCUT2D eigenvalue weighted by Crippen LogP contribution is -2.53. The van der Waals surface area contributed by atoms with Gasteiger partial charge in [-0.1, -0.05) is 32.3 Å². The summed E-state index contributed by atoms with van der Waals surface area (Å²) in [5.74, 6) is 1.28. The summed E-state index contributed by atoms with van der Waals surface area (Å²) in [6.45, 7) is 0.905. The van der Waals surface area contributed by atoms with Gasteiger partial charge in [0.2, 0.25) is 0 Å². The monoisotopic (exact) mass is 414 g/mol. The first-order chi connectivity index (χ1) is 13.8. The molecule has 5 atom stereocenters. The average Bonchev–Trinajstić information content (AvgIpc) is 2.70. The van der Waals surface area contributed by atoms with E-state index in [0.29, 0.717) is 23.5 Å². The van der Waals surface area contributed by atoms with E-state index in [0.717, 1.165) is 31.6 Å². The third-order valence-corrected chi connectivity index (χ3v) is 6.53. The number of halogens is 2. The topological polar surface area (TPSA) is 79.2 Å². The SMILES string of the molecule is CCC1CCC(Cc2cc([C@@H]3O[C@H](C)[C@@H](O)[C@H](O)[C@H]3O)ccc2OC(F)F)CC1. The van der Waals surface area contributed by atoms with E-state index in [9.17, 15) is 24.1 Å². The zero-order chi connectivity index (χ0) is 21.1. The van der Waals surface area contributed by atoms with Crippen LogP contribution in [0, 0.1) is 11.8 Å². The van der Waals surface area contributed by atoms with Crippen molar-refractivity contribution in [3.8, 4) is 5.75 Å². The second kappa shape index (κ2) is 9.69. The minimum absolute atomic E-state index is 0.139. The van der Waals surface area contributed by atoms with E-state index in [1.807, 2.05) is 0 Å². The molecule has 0 bridgehead atoms. The molecule has 1 aromatic rings. The first-order valence-electron chi connectivity index (χ1n) is 10.6. The summed E-state index contributed by atoms with van der Waals surface area (Å²) < 4.78 is 36.2. The molecule has 2 fully saturated rings. The minimum atomic E-state index is -2.91. The zero-order valence-electron chi connectivity index (χ0n) is 17.0. The summed E-state index contributed by atoms with van der Waals surface area (Å²) in [4.78, 5) is 0. The molecule has 1 aliphatic carbocycles. The highest BCUT2D eigenvalue weighted by atomic mass is 19.3. The van der Waals surface area contributed by atoms with Crippen LogP contribution in [0.15, 0.2) is 18.2 Å². The van der Waals surface area contributed by atoms with Crippen LogP contribution >= 0.6 is 0 Å². The van der Waals surface area contributed by atoms with Crippen LogP contribution in [-0.4, -0.2) is 46.3 Å². The Morgan fingerprint density at radius 3 is 2.31 bits per heavy atom. The van der Waals surface area contributed by atoms with E-state index in [4.69, 9.17) is 9.47 Å². The molecule has 1 aliphatic heterocycles. The van der Waals surface area contributed by atoms with Crippen LogP contribution in [0.4, 0.5) is 8.78 Å². The molecule has 164 valence electrons. The van der Waals surface area contributed by atoms with Crippen LogP contribution in [-0.2, 0) is 11.2 Å². The molecule has 1 aromatic carbocycles. The number of aliphatic hydroxyl groups is 3. The molecule has 0 spiro atoms. The number of rotatable bonds is 6. The van der Waals surface area contributed by atoms with E-state index in [2.05, 4.69) is 6.92 Å². The summed E-state index contributed by atoms with van der Waals surface area (Å²) in [5, 5.41) is 30.4. The van der Waals surface area contributed by atoms with Gasteiger partial charge in [-0.15, -0.1) is 0 Å². The highest BCUT2D eigenvalue weighted by Gasteiger charge is 2.42. The maximum atomic E-state index is 12.9. The van der Waals surface area contributed by atoms with E-state index < -0.39 is 37.1 Å². The Labute approximate surface area is 170 Å². The van der Waals surface area contributed by atoms with Crippen LogP contribution < -0.4 is 4.74 Å². The van der Waals surface area contributed by atoms with Crippen LogP contribution in [0.3, 0.4) is 0 Å². The molecule has 0 aromatic heterocycles. The second-order valence-electron chi connectivity index (χ2n) is 8.48. The Morgan fingerprint density at radius 1 is 1.03 bits per heavy atom. The van der Waals surface area contributed by atoms with Crippen LogP contribution in [0.1, 0.15) is 63.2 Å². The van der Waals surface area contributed by atoms with E-state index in [1.54, 1.807) is 19.1 Å². The highest BCUT2D eigenvalue weighted by molar-refractivity contribution is 5.39. The van der Waals surface area contributed by atoms with Crippen molar-refractivity contribution in [1.29, 1.82) is 0 Å². The van der Waals surface area contributed by atoms with Gasteiger partial charge in [-0.3, -0.25) is 0 Å². The zero-order valence-corrected chi connectivity index (χ0v) is 17.0. The number of hydrogen-bond donors (Lipinski definition) is 3. The fraction of sp³-hybridized carbons (Fsp3) is 0.727. The van der Waals surface area contributed by atoms with Crippen LogP contribution in [0.5, 0.6) is 5.75 Å². The summed E-state index contributed by atoms with van der Waals surface area (Å²) in [5.41, 5.74) is 1.24. The highest BCUT2D eigenvalue weighted by Crippen LogP contribution is 2.38. The van der Waals surface area contributed by atoms with E-state index >= 15 is 0 Å². The largest absolute Gasteiger partial charge is 0.435 e. The van der Waals surface area contributed by atoms with Gasteiger partial charge in [0.05, 0.1) is 6.10 Å². The summed E-state index contributed by atoms with van der Waals surface area (Å²) in [6.07, 6.45) is 0.863. The lowest BCUT2D eigenvalue weighted by atomic mass is 9.78. The number of aliphatic hydroxyl groups excluding tert-OH is 3. The molecular formula is C22H32F2O5. The maximum Gasteiger partial charge on any atom is 0.387 e. The molecule has 29 heavy (non-hydrogen) atoms. The fourth-order valence-electron chi connectivity index (χ4n) is 4.63. The average molecular weight is 414 g/mol. The normalized spacial score (nSPS) is 35.7. The molecule has 3 N–H and O–H groups in total. The molecule has 0 radical (unpaired) electrons. The number of alkyl halides is 2. The predicted octanol–water partition coefficient (Wildman–Crippen LogP) is 3.59. The lowest BCUT2D eigenvalue weighted by Gasteiger charge is -2.39. The van der Waals surface area contributed by atoms with Crippen molar-refractivity contribution in [1.82, 2.24) is 0 Å². The van der Waals surface area contributed by atoms with Gasteiger partial charge in [0, 0.05) is 0 Å². The lowest BCUT2D eigenvalue weighted by molar-refractivity contribution is -0.219. The molecular weight excluding hydrogens is 382 g/mol. The Morgan fingerprint density at radius 2 is 1.69 bits per heavy atom. The van der Waals surface area contributed by atoms with Crippen molar-refractivity contribution in [3.05, 3.63) is 29.3 Å². The van der Waals surface area contributed by atoms with Crippen LogP contribution in [0.25, 0.3) is 0 Å². The molecule has 7 heteroatoms. The predicted molar refractivity (Wildman–Crippen MR) is 104 cm³/mol. The molecule has 0 amide bonds. The summed E-state index contributed by atoms with van der Waals surface area (Å²) >= 11 is 0. The smallest absolute Gasteiger partial charge is 0.387 e. The van der Waals surface area contributed by atoms with Gasteiger partial charge in [0.25, 0.3) is 0 Å². The second-order valence-corrected chi connectivity index (χ2v) is 8.48. The van der Waals surface area contributed by atoms with Crippen molar-refractivity contribution < 1.29 is 33.6 Å². The summed E-state index contributed by atoms with van der Waals surface area (Å²) in [6, 6.07) is 4.78. The van der Waals surface area contributed by atoms with Gasteiger partial charge in [-0.25, -0.2) is 0 Å². The Hall–Kier alpha value is -1.28. The molecule has 1 saturated heterocycles. The first kappa shape index (κ1) is 22.4. The molecule has 2 aliphatic rings. The quantitative estimate of drug-likeness (QED) is 0.663. The van der Waals surface area contributed by atoms with Crippen molar-refractivity contribution in [2.75, 3.05) is 0 Å². The Bertz CT molecular complexity index is 663. The van der Waals surface area contributed by atoms with Crippen molar-refractivity contribution in [3.63, 3.8) is 0 Å². The maximum absolute atomic E-state index is 12.9. The van der Waals surface area contributed by atoms with Crippen LogP contribution in [0.2, 0.25) is 0 Å². The van der Waals surface area contributed by atoms with Gasteiger partial charge in [-0.05, 0) is 61.3 Å². The molecule has 5 nitrogen and oxygen atoms in total. The van der Waals surface area contributed by atoms with Crippen molar-refractivity contribution in [2.24, 2.45) is 11.8 Å². The standard InChI is InChI=1S/C22H32F2O5/c1-3-13-4-6-14(7-5-13)10-16-11-15(8-9-17(16)29-22(23)24)21-20(27)19(26)18(25)12(2)28-21/h8-9,11-14,18-22,25-27H,3-7,10H2,1-2H3/t12-,13?,14?,18-,19+,20-,21+/m1/s1. The Kier molecular flexibility index (Phi) is 7.48. The van der Waals surface area contributed by atoms with E-state index in [1.165, 1.54) is 12.5 Å². The van der Waals surface area contributed by atoms with E-state index in [-0.39, 0.29) is 5.75 Å². The number of hydrogen-bond acceptors (Lipinski definition) is 5. The first-order valence-corrected chi connectivity index (χ1v) is 10.6. The molecule has 1 heterocycles. The third kappa shape index (κ3) is 5.26. The van der Waals surface area contributed by atoms with Crippen molar-refractivity contribution >= 4 is 0 Å². The number of ether oxygens (including phenoxy) is 2.